The van der Waals surface area contributed by atoms with Gasteiger partial charge in [-0.2, -0.15) is 5.10 Å². The highest BCUT2D eigenvalue weighted by Crippen LogP contribution is 2.42. The second kappa shape index (κ2) is 8.01. The lowest BCUT2D eigenvalue weighted by atomic mass is 9.87. The minimum absolute atomic E-state index is 0.216. The van der Waals surface area contributed by atoms with E-state index < -0.39 is 23.8 Å². The quantitative estimate of drug-likeness (QED) is 0.617. The van der Waals surface area contributed by atoms with Crippen LogP contribution in [0.1, 0.15) is 42.6 Å². The van der Waals surface area contributed by atoms with Crippen LogP contribution in [0.4, 0.5) is 14.6 Å². The van der Waals surface area contributed by atoms with Gasteiger partial charge in [0.1, 0.15) is 17.9 Å². The van der Waals surface area contributed by atoms with E-state index in [2.05, 4.69) is 15.1 Å². The highest BCUT2D eigenvalue weighted by atomic mass is 19.2. The van der Waals surface area contributed by atoms with Crippen molar-refractivity contribution in [3.8, 4) is 5.75 Å². The highest BCUT2D eigenvalue weighted by molar-refractivity contribution is 5.88. The lowest BCUT2D eigenvalue weighted by molar-refractivity contribution is 0.0721. The van der Waals surface area contributed by atoms with Gasteiger partial charge in [-0.3, -0.25) is 4.90 Å². The molecule has 1 aliphatic rings. The van der Waals surface area contributed by atoms with Crippen LogP contribution in [0.5, 0.6) is 5.75 Å². The molecule has 2 aromatic heterocycles. The highest BCUT2D eigenvalue weighted by Gasteiger charge is 2.36. The Morgan fingerprint density at radius 3 is 2.65 bits per heavy atom. The largest absolute Gasteiger partial charge is 0.496 e. The molecule has 31 heavy (non-hydrogen) atoms. The Labute approximate surface area is 178 Å². The van der Waals surface area contributed by atoms with Crippen molar-refractivity contribution in [1.82, 2.24) is 24.6 Å². The van der Waals surface area contributed by atoms with Gasteiger partial charge < -0.3 is 15.6 Å². The lowest BCUT2D eigenvalue weighted by Crippen LogP contribution is -2.48. The predicted octanol–water partition coefficient (Wildman–Crippen LogP) is 2.39. The molecule has 166 valence electrons. The summed E-state index contributed by atoms with van der Waals surface area (Å²) in [4.78, 5) is 10.3. The number of aryl methyl sites for hydroxylation is 1. The molecule has 3 aromatic rings. The van der Waals surface area contributed by atoms with Gasteiger partial charge in [-0.15, -0.1) is 0 Å². The van der Waals surface area contributed by atoms with E-state index in [1.54, 1.807) is 18.5 Å². The number of aliphatic hydroxyl groups is 1. The van der Waals surface area contributed by atoms with E-state index in [1.165, 1.54) is 13.4 Å². The molecular formula is C21H26F2N6O2. The molecule has 0 bridgehead atoms. The first-order valence-electron chi connectivity index (χ1n) is 10.1. The fourth-order valence-corrected chi connectivity index (χ4v) is 4.40. The standard InChI is InChI=1S/C21H26F2N6O2/c1-10(30)6-28-7-13(8-28)17-18(23)15(22)5-14(19(17)31-4)12(3)29-21-16(11(2)27-29)20(24)25-9-26-21/h5,9-10,12-13,30H,6-8H2,1-4H3,(H2,24,25,26)/t10-,12?/m1/s1. The van der Waals surface area contributed by atoms with Gasteiger partial charge in [0.05, 0.1) is 30.3 Å². The molecule has 3 N–H and O–H groups in total. The number of nitrogens with two attached hydrogens (primary N) is 1. The number of β-amino-alcohol motifs (C(OH)–C–C–N with tert-alkyl or cyclic N) is 1. The van der Waals surface area contributed by atoms with E-state index in [9.17, 15) is 13.9 Å². The average Bonchev–Trinajstić information content (AvgIpc) is 3.03. The Morgan fingerprint density at radius 2 is 2.00 bits per heavy atom. The molecule has 1 unspecified atom stereocenters. The maximum Gasteiger partial charge on any atom is 0.166 e. The van der Waals surface area contributed by atoms with E-state index in [0.29, 0.717) is 53.5 Å². The number of nitrogen functional groups attached to an aromatic ring is 1. The first-order chi connectivity index (χ1) is 14.7. The molecule has 1 fully saturated rings. The van der Waals surface area contributed by atoms with Crippen LogP contribution in [-0.2, 0) is 0 Å². The zero-order valence-electron chi connectivity index (χ0n) is 17.9. The first kappa shape index (κ1) is 21.4. The number of rotatable bonds is 6. The van der Waals surface area contributed by atoms with Crippen LogP contribution >= 0.6 is 0 Å². The summed E-state index contributed by atoms with van der Waals surface area (Å²) < 4.78 is 36.8. The minimum atomic E-state index is -0.936. The van der Waals surface area contributed by atoms with Crippen LogP contribution in [0.15, 0.2) is 12.4 Å². The third kappa shape index (κ3) is 3.59. The summed E-state index contributed by atoms with van der Waals surface area (Å²) in [7, 11) is 1.45. The Bertz CT molecular complexity index is 1130. The third-order valence-electron chi connectivity index (χ3n) is 5.84. The fourth-order valence-electron chi connectivity index (χ4n) is 4.40. The Hall–Kier alpha value is -2.85. The average molecular weight is 432 g/mol. The molecule has 1 aliphatic heterocycles. The molecule has 0 saturated carbocycles. The van der Waals surface area contributed by atoms with Gasteiger partial charge in [-0.1, -0.05) is 0 Å². The van der Waals surface area contributed by atoms with Crippen molar-refractivity contribution in [3.05, 3.63) is 40.8 Å². The molecule has 0 aliphatic carbocycles. The first-order valence-corrected chi connectivity index (χ1v) is 10.1. The summed E-state index contributed by atoms with van der Waals surface area (Å²) in [6.45, 7) is 6.84. The number of aliphatic hydroxyl groups excluding tert-OH is 1. The number of aromatic nitrogens is 4. The summed E-state index contributed by atoms with van der Waals surface area (Å²) >= 11 is 0. The van der Waals surface area contributed by atoms with Crippen LogP contribution in [-0.4, -0.2) is 62.6 Å². The molecule has 0 amide bonds. The zero-order chi connectivity index (χ0) is 22.4. The van der Waals surface area contributed by atoms with E-state index in [0.717, 1.165) is 6.07 Å². The predicted molar refractivity (Wildman–Crippen MR) is 112 cm³/mol. The molecule has 2 atom stereocenters. The monoisotopic (exact) mass is 432 g/mol. The number of likely N-dealkylation sites (tertiary alicyclic amines) is 1. The molecule has 0 radical (unpaired) electrons. The number of ether oxygens (including phenoxy) is 1. The van der Waals surface area contributed by atoms with E-state index in [-0.39, 0.29) is 11.5 Å². The maximum atomic E-state index is 14.9. The summed E-state index contributed by atoms with van der Waals surface area (Å²) in [6, 6.07) is 0.657. The van der Waals surface area contributed by atoms with Crippen LogP contribution < -0.4 is 10.5 Å². The number of fused-ring (bicyclic) bond motifs is 1. The summed E-state index contributed by atoms with van der Waals surface area (Å²) in [6.07, 6.45) is 0.864. The molecule has 4 rings (SSSR count). The SMILES string of the molecule is COc1c(C(C)n2nc(C)c3c(N)ncnc32)cc(F)c(F)c1C1CN(C[C@@H](C)O)C1. The Morgan fingerprint density at radius 1 is 1.29 bits per heavy atom. The summed E-state index contributed by atoms with van der Waals surface area (Å²) in [5.74, 6) is -1.45. The summed E-state index contributed by atoms with van der Waals surface area (Å²) in [5, 5.41) is 14.7. The van der Waals surface area contributed by atoms with Crippen LogP contribution in [0.25, 0.3) is 11.0 Å². The number of benzene rings is 1. The van der Waals surface area contributed by atoms with Gasteiger partial charge in [-0.25, -0.2) is 23.4 Å². The molecule has 0 spiro atoms. The number of halogens is 2. The normalized spacial score (nSPS) is 17.0. The number of methoxy groups -OCH3 is 1. The van der Waals surface area contributed by atoms with Crippen molar-refractivity contribution in [2.45, 2.75) is 38.8 Å². The van der Waals surface area contributed by atoms with Crippen LogP contribution in [0.3, 0.4) is 0 Å². The fraction of sp³-hybridized carbons (Fsp3) is 0.476. The van der Waals surface area contributed by atoms with Crippen LogP contribution in [0, 0.1) is 18.6 Å². The van der Waals surface area contributed by atoms with E-state index >= 15 is 0 Å². The number of hydrogen-bond donors (Lipinski definition) is 2. The smallest absolute Gasteiger partial charge is 0.166 e. The minimum Gasteiger partial charge on any atom is -0.496 e. The van der Waals surface area contributed by atoms with Crippen molar-refractivity contribution < 1.29 is 18.6 Å². The Balaban J connectivity index is 1.78. The molecule has 1 saturated heterocycles. The third-order valence-corrected chi connectivity index (χ3v) is 5.84. The molecule has 10 heteroatoms. The van der Waals surface area contributed by atoms with Crippen molar-refractivity contribution in [2.24, 2.45) is 0 Å². The lowest BCUT2D eigenvalue weighted by Gasteiger charge is -2.41. The van der Waals surface area contributed by atoms with Crippen molar-refractivity contribution >= 4 is 16.9 Å². The Kier molecular flexibility index (Phi) is 5.52. The van der Waals surface area contributed by atoms with Crippen molar-refractivity contribution in [3.63, 3.8) is 0 Å². The van der Waals surface area contributed by atoms with Crippen molar-refractivity contribution in [2.75, 3.05) is 32.5 Å². The van der Waals surface area contributed by atoms with Gasteiger partial charge in [0.15, 0.2) is 17.3 Å². The molecule has 8 nitrogen and oxygen atoms in total. The van der Waals surface area contributed by atoms with Gasteiger partial charge in [0.25, 0.3) is 0 Å². The van der Waals surface area contributed by atoms with E-state index in [4.69, 9.17) is 10.5 Å². The van der Waals surface area contributed by atoms with E-state index in [1.807, 2.05) is 11.8 Å². The van der Waals surface area contributed by atoms with Crippen molar-refractivity contribution in [1.29, 1.82) is 0 Å². The second-order valence-electron chi connectivity index (χ2n) is 8.14. The molecular weight excluding hydrogens is 406 g/mol. The van der Waals surface area contributed by atoms with Gasteiger partial charge >= 0.3 is 0 Å². The van der Waals surface area contributed by atoms with Crippen LogP contribution in [0.2, 0.25) is 0 Å². The molecule has 3 heterocycles. The zero-order valence-corrected chi connectivity index (χ0v) is 17.9. The van der Waals surface area contributed by atoms with Gasteiger partial charge in [0.2, 0.25) is 0 Å². The number of anilines is 1. The maximum absolute atomic E-state index is 14.9. The molecule has 1 aromatic carbocycles. The topological polar surface area (TPSA) is 102 Å². The van der Waals surface area contributed by atoms with Gasteiger partial charge in [-0.05, 0) is 26.8 Å². The summed E-state index contributed by atoms with van der Waals surface area (Å²) in [5.41, 5.74) is 7.83. The number of hydrogen-bond acceptors (Lipinski definition) is 7. The second-order valence-corrected chi connectivity index (χ2v) is 8.14. The number of nitrogens with zero attached hydrogens (tertiary/aromatic N) is 5. The van der Waals surface area contributed by atoms with Gasteiger partial charge in [0, 0.05) is 36.7 Å².